The molecule has 0 aliphatic heterocycles. The minimum absolute atomic E-state index is 0.00677. The Balaban J connectivity index is 2.62. The lowest BCUT2D eigenvalue weighted by molar-refractivity contribution is 0.0679. The Morgan fingerprint density at radius 2 is 2.00 bits per heavy atom. The number of hydrogen-bond donors (Lipinski definition) is 1. The second-order valence-electron chi connectivity index (χ2n) is 4.30. The zero-order valence-electron chi connectivity index (χ0n) is 10.5. The minimum atomic E-state index is -1.66. The Hall–Kier alpha value is -1.04. The molecule has 1 aromatic heterocycles. The highest BCUT2D eigenvalue weighted by atomic mass is 79.9. The molecule has 0 saturated carbocycles. The number of aliphatic hydroxyl groups is 1. The van der Waals surface area contributed by atoms with Crippen LogP contribution >= 0.6 is 27.5 Å². The molecule has 0 saturated heterocycles. The lowest BCUT2D eigenvalue weighted by Crippen LogP contribution is -2.29. The van der Waals surface area contributed by atoms with E-state index in [-0.39, 0.29) is 22.7 Å². The van der Waals surface area contributed by atoms with Crippen LogP contribution in [0.2, 0.25) is 5.02 Å². The number of rotatable bonds is 3. The van der Waals surface area contributed by atoms with Crippen molar-refractivity contribution in [3.63, 3.8) is 0 Å². The molecule has 0 aliphatic rings. The second kappa shape index (κ2) is 5.76. The topological polar surface area (TPSA) is 33.1 Å². The molecule has 0 radical (unpaired) electrons. The van der Waals surface area contributed by atoms with Crippen molar-refractivity contribution in [1.82, 2.24) is 4.98 Å². The summed E-state index contributed by atoms with van der Waals surface area (Å²) >= 11 is 8.96. The van der Waals surface area contributed by atoms with Gasteiger partial charge in [0.1, 0.15) is 17.2 Å². The van der Waals surface area contributed by atoms with E-state index in [1.54, 1.807) is 13.0 Å². The molecule has 0 bridgehead atoms. The quantitative estimate of drug-likeness (QED) is 0.820. The van der Waals surface area contributed by atoms with Gasteiger partial charge in [0.15, 0.2) is 0 Å². The summed E-state index contributed by atoms with van der Waals surface area (Å²) < 4.78 is 27.6. The molecular weight excluding hydrogens is 352 g/mol. The van der Waals surface area contributed by atoms with E-state index in [4.69, 9.17) is 11.6 Å². The zero-order valence-corrected chi connectivity index (χ0v) is 12.8. The van der Waals surface area contributed by atoms with Crippen molar-refractivity contribution in [2.75, 3.05) is 0 Å². The van der Waals surface area contributed by atoms with Crippen molar-refractivity contribution in [3.8, 4) is 0 Å². The predicted molar refractivity (Wildman–Crippen MR) is 76.6 cm³/mol. The van der Waals surface area contributed by atoms with E-state index in [1.165, 1.54) is 18.2 Å². The normalized spacial score (nSPS) is 14.1. The number of pyridine rings is 1. The number of halogens is 4. The van der Waals surface area contributed by atoms with E-state index < -0.39 is 17.2 Å². The summed E-state index contributed by atoms with van der Waals surface area (Å²) in [6.07, 6.45) is 1.15. The zero-order chi connectivity index (χ0) is 14.9. The van der Waals surface area contributed by atoms with E-state index in [9.17, 15) is 13.9 Å². The fraction of sp³-hybridized carbons (Fsp3) is 0.214. The van der Waals surface area contributed by atoms with Crippen LogP contribution in [0.3, 0.4) is 0 Å². The summed E-state index contributed by atoms with van der Waals surface area (Å²) in [6.45, 7) is 1.68. The van der Waals surface area contributed by atoms with Crippen molar-refractivity contribution in [1.29, 1.82) is 0 Å². The van der Waals surface area contributed by atoms with Crippen LogP contribution in [0.15, 0.2) is 34.9 Å². The van der Waals surface area contributed by atoms with Crippen LogP contribution in [0.5, 0.6) is 0 Å². The molecule has 1 atom stereocenters. The average Bonchev–Trinajstić information content (AvgIpc) is 2.45. The third kappa shape index (κ3) is 2.57. The maximum absolute atomic E-state index is 14.3. The van der Waals surface area contributed by atoms with Gasteiger partial charge in [0.05, 0.1) is 16.9 Å². The molecule has 6 heteroatoms. The van der Waals surface area contributed by atoms with Crippen LogP contribution in [0, 0.1) is 11.6 Å². The smallest absolute Gasteiger partial charge is 0.149 e. The molecule has 2 nitrogen and oxygen atoms in total. The number of aromatic nitrogens is 1. The molecule has 20 heavy (non-hydrogen) atoms. The molecule has 1 unspecified atom stereocenters. The SMILES string of the molecule is CCC(O)(c1ccc(F)cn1)c1ccc(Br)c(Cl)c1F. The second-order valence-corrected chi connectivity index (χ2v) is 5.53. The molecule has 1 heterocycles. The van der Waals surface area contributed by atoms with Crippen LogP contribution in [0.25, 0.3) is 0 Å². The molecule has 106 valence electrons. The average molecular weight is 363 g/mol. The highest BCUT2D eigenvalue weighted by molar-refractivity contribution is 9.10. The number of hydrogen-bond acceptors (Lipinski definition) is 2. The van der Waals surface area contributed by atoms with Crippen LogP contribution in [-0.4, -0.2) is 10.1 Å². The van der Waals surface area contributed by atoms with Gasteiger partial charge in [0, 0.05) is 10.0 Å². The van der Waals surface area contributed by atoms with Crippen molar-refractivity contribution in [2.45, 2.75) is 18.9 Å². The number of benzene rings is 1. The monoisotopic (exact) mass is 361 g/mol. The first-order chi connectivity index (χ1) is 9.40. The van der Waals surface area contributed by atoms with Crippen molar-refractivity contribution >= 4 is 27.5 Å². The molecular formula is C14H11BrClF2NO. The van der Waals surface area contributed by atoms with Gasteiger partial charge in [-0.25, -0.2) is 8.78 Å². The fourth-order valence-corrected chi connectivity index (χ4v) is 2.45. The standard InChI is InChI=1S/C14H11BrClF2NO/c1-2-14(20,11-6-3-8(17)7-19-11)9-4-5-10(15)12(16)13(9)18/h3-7,20H,2H2,1H3. The fourth-order valence-electron chi connectivity index (χ4n) is 1.98. The van der Waals surface area contributed by atoms with Gasteiger partial charge >= 0.3 is 0 Å². The molecule has 2 rings (SSSR count). The Morgan fingerprint density at radius 3 is 2.55 bits per heavy atom. The van der Waals surface area contributed by atoms with Crippen molar-refractivity contribution < 1.29 is 13.9 Å². The maximum atomic E-state index is 14.3. The minimum Gasteiger partial charge on any atom is -0.379 e. The third-order valence-electron chi connectivity index (χ3n) is 3.14. The van der Waals surface area contributed by atoms with E-state index in [2.05, 4.69) is 20.9 Å². The molecule has 1 N–H and O–H groups in total. The first kappa shape index (κ1) is 15.4. The highest BCUT2D eigenvalue weighted by Crippen LogP contribution is 2.37. The maximum Gasteiger partial charge on any atom is 0.149 e. The van der Waals surface area contributed by atoms with Crippen LogP contribution in [-0.2, 0) is 5.60 Å². The lowest BCUT2D eigenvalue weighted by Gasteiger charge is -2.27. The third-order valence-corrected chi connectivity index (χ3v) is 4.40. The Morgan fingerprint density at radius 1 is 1.30 bits per heavy atom. The highest BCUT2D eigenvalue weighted by Gasteiger charge is 2.35. The summed E-state index contributed by atoms with van der Waals surface area (Å²) in [5.41, 5.74) is -1.49. The van der Waals surface area contributed by atoms with E-state index in [1.807, 2.05) is 0 Å². The molecule has 0 spiro atoms. The lowest BCUT2D eigenvalue weighted by atomic mass is 9.87. The van der Waals surface area contributed by atoms with E-state index in [0.717, 1.165) is 6.20 Å². The Bertz CT molecular complexity index is 636. The molecule has 0 fully saturated rings. The van der Waals surface area contributed by atoms with E-state index >= 15 is 0 Å². The summed E-state index contributed by atoms with van der Waals surface area (Å²) in [5.74, 6) is -1.25. The Kier molecular flexibility index (Phi) is 4.42. The van der Waals surface area contributed by atoms with Crippen LogP contribution < -0.4 is 0 Å². The van der Waals surface area contributed by atoms with Gasteiger partial charge in [-0.05, 0) is 40.5 Å². The first-order valence-corrected chi connectivity index (χ1v) is 7.05. The van der Waals surface area contributed by atoms with Crippen molar-refractivity contribution in [2.24, 2.45) is 0 Å². The summed E-state index contributed by atoms with van der Waals surface area (Å²) in [6, 6.07) is 5.47. The summed E-state index contributed by atoms with van der Waals surface area (Å²) in [4.78, 5) is 3.84. The van der Waals surface area contributed by atoms with E-state index in [0.29, 0.717) is 4.47 Å². The van der Waals surface area contributed by atoms with Gasteiger partial charge in [-0.1, -0.05) is 24.6 Å². The Labute approximate surface area is 128 Å². The van der Waals surface area contributed by atoms with Gasteiger partial charge in [-0.15, -0.1) is 0 Å². The largest absolute Gasteiger partial charge is 0.379 e. The van der Waals surface area contributed by atoms with Gasteiger partial charge in [-0.3, -0.25) is 4.98 Å². The summed E-state index contributed by atoms with van der Waals surface area (Å²) in [5, 5.41) is 10.6. The number of nitrogens with zero attached hydrogens (tertiary/aromatic N) is 1. The molecule has 2 aromatic rings. The summed E-state index contributed by atoms with van der Waals surface area (Å²) in [7, 11) is 0. The molecule has 0 aliphatic carbocycles. The van der Waals surface area contributed by atoms with Gasteiger partial charge in [0.2, 0.25) is 0 Å². The molecule has 0 amide bonds. The van der Waals surface area contributed by atoms with Crippen LogP contribution in [0.4, 0.5) is 8.78 Å². The first-order valence-electron chi connectivity index (χ1n) is 5.88. The molecule has 1 aromatic carbocycles. The predicted octanol–water partition coefficient (Wildman–Crippen LogP) is 4.42. The van der Waals surface area contributed by atoms with Gasteiger partial charge in [0.25, 0.3) is 0 Å². The van der Waals surface area contributed by atoms with Crippen LogP contribution in [0.1, 0.15) is 24.6 Å². The van der Waals surface area contributed by atoms with Gasteiger partial charge < -0.3 is 5.11 Å². The van der Waals surface area contributed by atoms with Gasteiger partial charge in [-0.2, -0.15) is 0 Å². The van der Waals surface area contributed by atoms with Crippen molar-refractivity contribution in [3.05, 3.63) is 62.8 Å².